The van der Waals surface area contributed by atoms with Crippen LogP contribution in [0.3, 0.4) is 0 Å². The standard InChI is InChI=1S/C28H34N2O5/c1-34-24-12-11-21(18-25(24)35-23-9-5-10-23)29-15-16-30(26(31)28(27(32)33)13-6-14-28)22(19-29)17-20-7-3-2-4-8-20/h2-4,7-8,11-12,18,22-23H,5-6,9-10,13-17,19H2,1H3,(H,32,33). The average molecular weight is 479 g/mol. The van der Waals surface area contributed by atoms with E-state index in [0.717, 1.165) is 42.0 Å². The second-order valence-corrected chi connectivity index (χ2v) is 10.0. The van der Waals surface area contributed by atoms with E-state index in [0.29, 0.717) is 38.9 Å². The minimum atomic E-state index is -1.25. The van der Waals surface area contributed by atoms with Gasteiger partial charge in [0, 0.05) is 31.4 Å². The molecule has 0 radical (unpaired) electrons. The van der Waals surface area contributed by atoms with Gasteiger partial charge in [-0.05, 0) is 56.2 Å². The van der Waals surface area contributed by atoms with Crippen LogP contribution in [0.15, 0.2) is 48.5 Å². The van der Waals surface area contributed by atoms with E-state index in [1.807, 2.05) is 41.3 Å². The Kier molecular flexibility index (Phi) is 6.58. The smallest absolute Gasteiger partial charge is 0.319 e. The summed E-state index contributed by atoms with van der Waals surface area (Å²) in [6.07, 6.45) is 5.91. The molecule has 5 rings (SSSR count). The maximum atomic E-state index is 13.6. The molecule has 3 fully saturated rings. The summed E-state index contributed by atoms with van der Waals surface area (Å²) in [5.74, 6) is 0.277. The molecule has 3 aliphatic rings. The number of piperazine rings is 1. The highest BCUT2D eigenvalue weighted by Gasteiger charge is 2.54. The molecule has 1 aliphatic heterocycles. The number of anilines is 1. The number of carboxylic acids is 1. The van der Waals surface area contributed by atoms with Crippen LogP contribution in [0.1, 0.15) is 44.1 Å². The molecule has 1 amide bonds. The third-order valence-corrected chi connectivity index (χ3v) is 7.94. The fourth-order valence-corrected chi connectivity index (χ4v) is 5.36. The number of carboxylic acid groups (broad SMARTS) is 1. The predicted octanol–water partition coefficient (Wildman–Crippen LogP) is 4.14. The van der Waals surface area contributed by atoms with Crippen LogP contribution in [-0.2, 0) is 16.0 Å². The summed E-state index contributed by atoms with van der Waals surface area (Å²) in [5.41, 5.74) is 0.918. The number of rotatable bonds is 8. The number of aliphatic carboxylic acids is 1. The van der Waals surface area contributed by atoms with Gasteiger partial charge in [0.05, 0.1) is 19.3 Å². The minimum absolute atomic E-state index is 0.117. The van der Waals surface area contributed by atoms with Crippen molar-refractivity contribution in [3.05, 3.63) is 54.1 Å². The molecule has 2 aliphatic carbocycles. The Balaban J connectivity index is 1.39. The van der Waals surface area contributed by atoms with E-state index in [-0.39, 0.29) is 18.1 Å². The molecule has 0 aromatic heterocycles. The van der Waals surface area contributed by atoms with Crippen molar-refractivity contribution in [1.82, 2.24) is 4.90 Å². The van der Waals surface area contributed by atoms with E-state index in [1.54, 1.807) is 7.11 Å². The van der Waals surface area contributed by atoms with Crippen LogP contribution in [0.4, 0.5) is 5.69 Å². The number of methoxy groups -OCH3 is 1. The molecule has 1 unspecified atom stereocenters. The second kappa shape index (κ2) is 9.80. The lowest BCUT2D eigenvalue weighted by Crippen LogP contribution is -2.62. The molecule has 35 heavy (non-hydrogen) atoms. The molecular formula is C28H34N2O5. The summed E-state index contributed by atoms with van der Waals surface area (Å²) < 4.78 is 11.7. The third-order valence-electron chi connectivity index (χ3n) is 7.94. The number of hydrogen-bond acceptors (Lipinski definition) is 5. The Bertz CT molecular complexity index is 1060. The quantitative estimate of drug-likeness (QED) is 0.575. The Hall–Kier alpha value is -3.22. The van der Waals surface area contributed by atoms with Crippen molar-refractivity contribution in [3.63, 3.8) is 0 Å². The van der Waals surface area contributed by atoms with Crippen LogP contribution in [0, 0.1) is 5.41 Å². The van der Waals surface area contributed by atoms with Crippen molar-refractivity contribution >= 4 is 17.6 Å². The molecule has 1 atom stereocenters. The SMILES string of the molecule is COc1ccc(N2CCN(C(=O)C3(C(=O)O)CCC3)C(Cc3ccccc3)C2)cc1OC1CCC1. The van der Waals surface area contributed by atoms with Gasteiger partial charge in [-0.2, -0.15) is 0 Å². The molecule has 186 valence electrons. The normalized spacial score (nSPS) is 21.6. The van der Waals surface area contributed by atoms with Gasteiger partial charge in [-0.15, -0.1) is 0 Å². The number of nitrogens with zero attached hydrogens (tertiary/aromatic N) is 2. The van der Waals surface area contributed by atoms with Crippen molar-refractivity contribution in [2.24, 2.45) is 5.41 Å². The number of benzene rings is 2. The lowest BCUT2D eigenvalue weighted by Gasteiger charge is -2.47. The summed E-state index contributed by atoms with van der Waals surface area (Å²) in [7, 11) is 1.65. The molecule has 0 spiro atoms. The highest BCUT2D eigenvalue weighted by Crippen LogP contribution is 2.44. The van der Waals surface area contributed by atoms with Crippen molar-refractivity contribution < 1.29 is 24.2 Å². The van der Waals surface area contributed by atoms with Gasteiger partial charge < -0.3 is 24.4 Å². The molecule has 0 bridgehead atoms. The van der Waals surface area contributed by atoms with Crippen molar-refractivity contribution in [2.75, 3.05) is 31.6 Å². The van der Waals surface area contributed by atoms with Gasteiger partial charge in [0.2, 0.25) is 5.91 Å². The number of hydrogen-bond donors (Lipinski definition) is 1. The predicted molar refractivity (Wildman–Crippen MR) is 133 cm³/mol. The fourth-order valence-electron chi connectivity index (χ4n) is 5.36. The van der Waals surface area contributed by atoms with E-state index >= 15 is 0 Å². The first-order chi connectivity index (χ1) is 17.0. The molecule has 2 aromatic rings. The molecule has 7 nitrogen and oxygen atoms in total. The van der Waals surface area contributed by atoms with Crippen LogP contribution in [0.2, 0.25) is 0 Å². The van der Waals surface area contributed by atoms with Crippen molar-refractivity contribution in [1.29, 1.82) is 0 Å². The van der Waals surface area contributed by atoms with Gasteiger partial charge in [0.25, 0.3) is 0 Å². The van der Waals surface area contributed by atoms with Crippen LogP contribution in [0.25, 0.3) is 0 Å². The van der Waals surface area contributed by atoms with Crippen LogP contribution in [0.5, 0.6) is 11.5 Å². The van der Waals surface area contributed by atoms with Gasteiger partial charge in [-0.3, -0.25) is 9.59 Å². The first kappa shape index (κ1) is 23.5. The Labute approximate surface area is 206 Å². The molecule has 1 saturated heterocycles. The maximum absolute atomic E-state index is 13.6. The lowest BCUT2D eigenvalue weighted by atomic mass is 9.67. The van der Waals surface area contributed by atoms with E-state index in [9.17, 15) is 14.7 Å². The van der Waals surface area contributed by atoms with E-state index < -0.39 is 11.4 Å². The highest BCUT2D eigenvalue weighted by molar-refractivity contribution is 6.03. The first-order valence-electron chi connectivity index (χ1n) is 12.7. The zero-order chi connectivity index (χ0) is 24.4. The topological polar surface area (TPSA) is 79.3 Å². The Morgan fingerprint density at radius 1 is 1.03 bits per heavy atom. The Morgan fingerprint density at radius 2 is 1.80 bits per heavy atom. The van der Waals surface area contributed by atoms with Crippen molar-refractivity contribution in [3.8, 4) is 11.5 Å². The zero-order valence-corrected chi connectivity index (χ0v) is 20.3. The molecular weight excluding hydrogens is 444 g/mol. The molecule has 2 saturated carbocycles. The van der Waals surface area contributed by atoms with Gasteiger partial charge in [0.1, 0.15) is 5.41 Å². The van der Waals surface area contributed by atoms with E-state index in [1.165, 1.54) is 6.42 Å². The summed E-state index contributed by atoms with van der Waals surface area (Å²) >= 11 is 0. The first-order valence-corrected chi connectivity index (χ1v) is 12.7. The average Bonchev–Trinajstić information content (AvgIpc) is 2.81. The monoisotopic (exact) mass is 478 g/mol. The van der Waals surface area contributed by atoms with Gasteiger partial charge >= 0.3 is 5.97 Å². The fraction of sp³-hybridized carbons (Fsp3) is 0.500. The molecule has 2 aromatic carbocycles. The number of amides is 1. The Morgan fingerprint density at radius 3 is 2.40 bits per heavy atom. The lowest BCUT2D eigenvalue weighted by molar-refractivity contribution is -0.169. The second-order valence-electron chi connectivity index (χ2n) is 10.0. The minimum Gasteiger partial charge on any atom is -0.493 e. The van der Waals surface area contributed by atoms with Crippen LogP contribution >= 0.6 is 0 Å². The van der Waals surface area contributed by atoms with Gasteiger partial charge in [-0.1, -0.05) is 36.8 Å². The summed E-state index contributed by atoms with van der Waals surface area (Å²) in [6.45, 7) is 1.77. The van der Waals surface area contributed by atoms with E-state index in [2.05, 4.69) is 17.0 Å². The summed E-state index contributed by atoms with van der Waals surface area (Å²) in [6, 6.07) is 16.0. The van der Waals surface area contributed by atoms with Crippen molar-refractivity contribution in [2.45, 2.75) is 57.1 Å². The van der Waals surface area contributed by atoms with E-state index in [4.69, 9.17) is 9.47 Å². The van der Waals surface area contributed by atoms with Gasteiger partial charge in [0.15, 0.2) is 11.5 Å². The number of carbonyl (C=O) groups excluding carboxylic acids is 1. The molecule has 7 heteroatoms. The molecule has 1 N–H and O–H groups in total. The van der Waals surface area contributed by atoms with Crippen LogP contribution in [-0.4, -0.2) is 60.8 Å². The highest BCUT2D eigenvalue weighted by atomic mass is 16.5. The number of ether oxygens (including phenoxy) is 2. The van der Waals surface area contributed by atoms with Crippen LogP contribution < -0.4 is 14.4 Å². The maximum Gasteiger partial charge on any atom is 0.319 e. The third kappa shape index (κ3) is 4.56. The largest absolute Gasteiger partial charge is 0.493 e. The zero-order valence-electron chi connectivity index (χ0n) is 20.3. The summed E-state index contributed by atoms with van der Waals surface area (Å²) in [4.78, 5) is 29.8. The number of carbonyl (C=O) groups is 2. The molecule has 1 heterocycles. The summed E-state index contributed by atoms with van der Waals surface area (Å²) in [5, 5.41) is 9.88. The van der Waals surface area contributed by atoms with Gasteiger partial charge in [-0.25, -0.2) is 0 Å².